The van der Waals surface area contributed by atoms with Gasteiger partial charge in [-0.25, -0.2) is 87.2 Å². The molecule has 15 aromatic rings. The Labute approximate surface area is 887 Å². The van der Waals surface area contributed by atoms with Crippen molar-refractivity contribution >= 4 is 263 Å². The molecule has 1 unspecified atom stereocenters. The summed E-state index contributed by atoms with van der Waals surface area (Å²) >= 11 is 24.1. The van der Waals surface area contributed by atoms with E-state index in [1.54, 1.807) is 112 Å². The predicted octanol–water partition coefficient (Wildman–Crippen LogP) is 21.5. The molecule has 0 radical (unpaired) electrons. The van der Waals surface area contributed by atoms with Gasteiger partial charge in [-0.3, -0.25) is 23.6 Å². The second kappa shape index (κ2) is 42.6. The predicted molar refractivity (Wildman–Crippen MR) is 563 cm³/mol. The Bertz CT molecular complexity index is 7770. The number of sulfonamides is 5. The summed E-state index contributed by atoms with van der Waals surface area (Å²) in [4.78, 5) is 8.67. The lowest BCUT2D eigenvalue weighted by Gasteiger charge is -2.21. The van der Waals surface area contributed by atoms with Crippen LogP contribution in [0.1, 0.15) is 156 Å². The molecule has 6 heterocycles. The monoisotopic (exact) mass is 2620 g/mol. The van der Waals surface area contributed by atoms with Gasteiger partial charge in [0.05, 0.1) is 89.1 Å². The summed E-state index contributed by atoms with van der Waals surface area (Å²) in [7, 11) is -16.9. The lowest BCUT2D eigenvalue weighted by atomic mass is 10.00. The molecule has 20 rings (SSSR count). The molecule has 9 aromatic carbocycles. The largest absolute Gasteiger partial charge is 0.396 e. The number of hydrogen-bond donors (Lipinski definition) is 8. The van der Waals surface area contributed by atoms with Crippen LogP contribution in [-0.4, -0.2) is 137 Å². The molecule has 0 bridgehead atoms. The highest BCUT2D eigenvalue weighted by Crippen LogP contribution is 2.51. The zero-order chi connectivity index (χ0) is 103. The van der Waals surface area contributed by atoms with Crippen LogP contribution in [0.2, 0.25) is 10.0 Å². The maximum absolute atomic E-state index is 15.4. The van der Waals surface area contributed by atoms with Gasteiger partial charge in [-0.1, -0.05) is 90.1 Å². The molecule has 6 aromatic heterocycles. The molecule has 5 saturated carbocycles. The minimum Gasteiger partial charge on any atom is -0.396 e. The van der Waals surface area contributed by atoms with E-state index in [0.717, 1.165) is 8.04 Å². The van der Waals surface area contributed by atoms with Gasteiger partial charge in [0.15, 0.2) is 28.9 Å². The number of pyridine rings is 1. The maximum atomic E-state index is 15.4. The molecule has 8 N–H and O–H groups in total. The molecular formula is C94H85BrCl2F8I4N12O17S5. The topological polar surface area (TPSA) is 426 Å². The van der Waals surface area contributed by atoms with E-state index in [1.165, 1.54) is 48.5 Å². The first-order chi connectivity index (χ1) is 67.5. The van der Waals surface area contributed by atoms with Crippen LogP contribution < -0.4 is 23.6 Å². The zero-order valence-corrected chi connectivity index (χ0v) is 91.5. The molecule has 0 spiro atoms. The Morgan fingerprint density at radius 2 is 0.811 bits per heavy atom. The van der Waals surface area contributed by atoms with Gasteiger partial charge in [0, 0.05) is 119 Å². The number of nitrogens with one attached hydrogen (secondary N) is 5. The van der Waals surface area contributed by atoms with Crippen LogP contribution in [0.4, 0.5) is 63.7 Å². The summed E-state index contributed by atoms with van der Waals surface area (Å²) in [5.41, 5.74) is 4.50. The van der Waals surface area contributed by atoms with Crippen LogP contribution in [0.5, 0.6) is 0 Å². The molecule has 29 nitrogen and oxygen atoms in total. The maximum Gasteiger partial charge on any atom is 0.238 e. The molecule has 0 aliphatic heterocycles. The number of halogens is 15. The summed E-state index contributed by atoms with van der Waals surface area (Å²) in [6.45, 7) is 5.69. The number of aryl methyl sites for hydroxylation is 5. The van der Waals surface area contributed by atoms with E-state index in [1.807, 2.05) is 90.4 Å². The first kappa shape index (κ1) is 107. The fraction of sp³-hybridized carbons (Fsp3) is 0.319. The van der Waals surface area contributed by atoms with E-state index in [-0.39, 0.29) is 152 Å². The Morgan fingerprint density at radius 3 is 1.18 bits per heavy atom. The highest BCUT2D eigenvalue weighted by molar-refractivity contribution is 14.1. The first-order valence-electron chi connectivity index (χ1n) is 44.0. The molecule has 758 valence electrons. The van der Waals surface area contributed by atoms with Gasteiger partial charge >= 0.3 is 0 Å². The van der Waals surface area contributed by atoms with Crippen molar-refractivity contribution in [3.63, 3.8) is 0 Å². The van der Waals surface area contributed by atoms with Crippen LogP contribution in [0.15, 0.2) is 144 Å². The average Bonchev–Trinajstić information content (AvgIpc) is 1.59. The molecule has 49 heteroatoms. The number of hydrogen-bond acceptors (Lipinski definition) is 23. The van der Waals surface area contributed by atoms with Crippen LogP contribution in [-0.2, 0) is 89.3 Å². The van der Waals surface area contributed by atoms with Crippen molar-refractivity contribution in [2.24, 2.45) is 7.05 Å². The van der Waals surface area contributed by atoms with E-state index in [4.69, 9.17) is 46.4 Å². The zero-order valence-electron chi connectivity index (χ0n) is 75.7. The second-order valence-corrected chi connectivity index (χ2v) is 52.1. The van der Waals surface area contributed by atoms with E-state index in [2.05, 4.69) is 70.1 Å². The van der Waals surface area contributed by atoms with E-state index in [9.17, 15) is 69.9 Å². The van der Waals surface area contributed by atoms with Crippen molar-refractivity contribution in [2.75, 3.05) is 36.8 Å². The van der Waals surface area contributed by atoms with Gasteiger partial charge < -0.3 is 38.0 Å². The van der Waals surface area contributed by atoms with Gasteiger partial charge in [-0.2, -0.15) is 0 Å². The average molecular weight is 2630 g/mol. The van der Waals surface area contributed by atoms with Crippen molar-refractivity contribution < 1.29 is 111 Å². The number of benzene rings is 9. The minimum absolute atomic E-state index is 0.00258. The van der Waals surface area contributed by atoms with Crippen LogP contribution in [0, 0.1) is 88.5 Å². The fourth-order valence-corrected chi connectivity index (χ4v) is 26.5. The van der Waals surface area contributed by atoms with E-state index >= 15 is 17.6 Å². The van der Waals surface area contributed by atoms with Crippen LogP contribution >= 0.6 is 129 Å². The van der Waals surface area contributed by atoms with Crippen molar-refractivity contribution in [3.8, 4) is 0 Å². The van der Waals surface area contributed by atoms with Gasteiger partial charge in [-0.15, -0.1) is 0 Å². The summed E-state index contributed by atoms with van der Waals surface area (Å²) in [6, 6.07) is 29.8. The van der Waals surface area contributed by atoms with E-state index in [0.29, 0.717) is 152 Å². The molecule has 5 fully saturated rings. The quantitative estimate of drug-likeness (QED) is 0.0153. The summed E-state index contributed by atoms with van der Waals surface area (Å²) in [6.07, 6.45) is 5.10. The molecule has 1 atom stereocenters. The lowest BCUT2D eigenvalue weighted by Crippen LogP contribution is -2.34. The minimum atomic E-state index is -4.05. The van der Waals surface area contributed by atoms with Crippen molar-refractivity contribution in [1.29, 1.82) is 0 Å². The Morgan fingerprint density at radius 1 is 0.455 bits per heavy atom. The molecule has 143 heavy (non-hydrogen) atoms. The van der Waals surface area contributed by atoms with Gasteiger partial charge in [0.25, 0.3) is 0 Å². The van der Waals surface area contributed by atoms with Gasteiger partial charge in [0.2, 0.25) is 66.9 Å². The Balaban J connectivity index is 0.000000129. The standard InChI is InChI=1S/C21H21F2IN2O5S.C20H19F2IN2O4S.C18H15BrClFN2O3S.C18H15F2IN2O3S.C17H15ClFIN4O2S/c1-11-15-8-18(26-32(29,30)21(4-5-21)9-14(28)10-27)16(19(23)20(15)31-25-11)6-12-2-3-13(24)7-17(12)22;1-11-14-10-17(25-30(27,28)20(4-5-20)6-7-26)15(18(22)19(14)29-24-11)8-12-2-3-13(23)9-16(12)21;1-9-13-8-16(23-27(24,25)12-4-5-12)14(17(21)18(13)26-22-9)6-10-2-3-11(19)7-15(10)20;1-9-13-8-16(23-27(24,25)12-4-5-12)14(17(20)18(13)22-26-9)6-10-2-3-11(21)7-15(10)19;1-24-8-21-15-14(18)12(6-9-2-3-10(20)7-13(9)19)16(22-17(15)24)23-27(25,26)11-4-5-11/h2-3,7-8,14,26-28H,4-6,9-10H2,1H3;2-3,9-10,25-26H,4-8H2,1H3;2*2-3,7-8,12,23H,4-6H2,1H3;2-3,7-8,11H,4-6H2,1H3,(H,22,23). The molecule has 5 aliphatic carbocycles. The van der Waals surface area contributed by atoms with Gasteiger partial charge in [-0.05, 0) is 308 Å². The fourth-order valence-electron chi connectivity index (χ4n) is 16.0. The number of aromatic nitrogens is 7. The highest BCUT2D eigenvalue weighted by atomic mass is 127. The van der Waals surface area contributed by atoms with Crippen molar-refractivity contribution in [3.05, 3.63) is 275 Å². The van der Waals surface area contributed by atoms with Crippen molar-refractivity contribution in [1.82, 2.24) is 35.2 Å². The number of imidazole rings is 1. The number of fused-ring (bicyclic) bond motifs is 5. The number of nitrogens with zero attached hydrogens (tertiary/aromatic N) is 7. The first-order valence-corrected chi connectivity index (χ1v) is 57.5. The number of anilines is 5. The summed E-state index contributed by atoms with van der Waals surface area (Å²) in [5, 5.41) is 44.1. The van der Waals surface area contributed by atoms with Gasteiger partial charge in [0.1, 0.15) is 45.9 Å². The highest BCUT2D eigenvalue weighted by Gasteiger charge is 2.56. The molecule has 0 amide bonds. The smallest absolute Gasteiger partial charge is 0.238 e. The van der Waals surface area contributed by atoms with E-state index < -0.39 is 129 Å². The summed E-state index contributed by atoms with van der Waals surface area (Å²) < 4.78 is 282. The normalized spacial score (nSPS) is 15.2. The number of aliphatic hydroxyl groups excluding tert-OH is 3. The lowest BCUT2D eigenvalue weighted by molar-refractivity contribution is 0.0858. The number of aliphatic hydroxyl groups is 3. The summed E-state index contributed by atoms with van der Waals surface area (Å²) in [5.74, 6) is -4.36. The third kappa shape index (κ3) is 23.7. The third-order valence-electron chi connectivity index (χ3n) is 25.0. The third-order valence-corrected chi connectivity index (χ3v) is 38.9. The molecular weight excluding hydrogens is 2540 g/mol. The molecule has 0 saturated heterocycles. The number of rotatable bonds is 30. The van der Waals surface area contributed by atoms with Crippen LogP contribution in [0.25, 0.3) is 55.0 Å². The SMILES string of the molecule is Cc1noc2c(F)c(Cc3ccc(Br)cc3Cl)c(NS(=O)(=O)C3CC3)cc12.Cc1noc2c(F)c(Cc3ccc(I)cc3F)c(NS(=O)(=O)C3(CC(O)CO)CC3)cc12.Cc1noc2c(F)c(Cc3ccc(I)cc3F)c(NS(=O)(=O)C3(CCO)CC3)cc12.Cc1onc2c(F)c(Cc3ccc(I)cc3F)c(NS(=O)(=O)C3CC3)cc12.Cn1cnc2c(Cl)c(Cc3ccc(I)cc3F)c(NS(=O)(=O)C3CC3)nc21. The second-order valence-electron chi connectivity index (χ2n) is 35.4. The Kier molecular flexibility index (Phi) is 32.0. The van der Waals surface area contributed by atoms with Crippen molar-refractivity contribution in [2.45, 2.75) is 168 Å². The van der Waals surface area contributed by atoms with Crippen LogP contribution in [0.3, 0.4) is 0 Å². The Hall–Kier alpha value is -8.47. The molecule has 5 aliphatic rings.